The number of esters is 1. The molecule has 9 heteroatoms. The second-order valence-corrected chi connectivity index (χ2v) is 7.23. The predicted molar refractivity (Wildman–Crippen MR) is 110 cm³/mol. The lowest BCUT2D eigenvalue weighted by atomic mass is 10.0. The number of benzene rings is 2. The fourth-order valence-corrected chi connectivity index (χ4v) is 3.52. The molecule has 1 fully saturated rings. The molecule has 2 aromatic rings. The molecule has 1 aliphatic heterocycles. The Kier molecular flexibility index (Phi) is 6.40. The maximum absolute atomic E-state index is 11.7. The van der Waals surface area contributed by atoms with Crippen LogP contribution in [0.2, 0.25) is 0 Å². The monoisotopic (exact) mass is 411 g/mol. The van der Waals surface area contributed by atoms with Crippen molar-refractivity contribution in [1.29, 1.82) is 0 Å². The summed E-state index contributed by atoms with van der Waals surface area (Å²) in [5.74, 6) is -1.82. The zero-order valence-corrected chi connectivity index (χ0v) is 16.2. The van der Waals surface area contributed by atoms with Crippen LogP contribution in [0.1, 0.15) is 22.3 Å². The maximum Gasteiger partial charge on any atom is 0.337 e. The Morgan fingerprint density at radius 3 is 2.66 bits per heavy atom. The molecule has 1 atom stereocenters. The van der Waals surface area contributed by atoms with Gasteiger partial charge < -0.3 is 15.2 Å². The molecule has 3 rings (SSSR count). The van der Waals surface area contributed by atoms with E-state index in [1.807, 2.05) is 36.4 Å². The standard InChI is InChI=1S/C20H17N3O5S/c1-28-19(27)14-7-5-13(6-8-14)15-4-2-3-12(9-15)11-21-23-20-22-18(26)16(29-20)10-17(24)25/h2-9,11,16H,10H2,1H3,(H,24,25)(H,22,23,26). The number of nitrogens with zero attached hydrogens (tertiary/aromatic N) is 2. The summed E-state index contributed by atoms with van der Waals surface area (Å²) < 4.78 is 4.69. The molecular formula is C20H17N3O5S. The topological polar surface area (TPSA) is 117 Å². The lowest BCUT2D eigenvalue weighted by Gasteiger charge is -2.04. The van der Waals surface area contributed by atoms with Gasteiger partial charge in [0, 0.05) is 0 Å². The molecule has 148 valence electrons. The molecule has 1 aliphatic rings. The molecule has 2 N–H and O–H groups in total. The number of hydrogen-bond acceptors (Lipinski definition) is 7. The lowest BCUT2D eigenvalue weighted by Crippen LogP contribution is -2.26. The molecule has 0 bridgehead atoms. The smallest absolute Gasteiger partial charge is 0.337 e. The highest BCUT2D eigenvalue weighted by Crippen LogP contribution is 2.23. The van der Waals surface area contributed by atoms with Crippen molar-refractivity contribution >= 4 is 41.0 Å². The van der Waals surface area contributed by atoms with Crippen molar-refractivity contribution in [3.8, 4) is 11.1 Å². The molecule has 2 aromatic carbocycles. The second kappa shape index (κ2) is 9.16. The van der Waals surface area contributed by atoms with Crippen LogP contribution in [0.3, 0.4) is 0 Å². The first kappa shape index (κ1) is 20.3. The number of aliphatic carboxylic acids is 1. The Morgan fingerprint density at radius 1 is 1.21 bits per heavy atom. The van der Waals surface area contributed by atoms with E-state index >= 15 is 0 Å². The number of rotatable bonds is 6. The molecule has 0 radical (unpaired) electrons. The Balaban J connectivity index is 1.69. The van der Waals surface area contributed by atoms with E-state index < -0.39 is 11.2 Å². The molecule has 0 aromatic heterocycles. The molecular weight excluding hydrogens is 394 g/mol. The second-order valence-electron chi connectivity index (χ2n) is 6.04. The summed E-state index contributed by atoms with van der Waals surface area (Å²) in [6, 6.07) is 14.6. The molecule has 0 aliphatic carbocycles. The Morgan fingerprint density at radius 2 is 1.97 bits per heavy atom. The summed E-state index contributed by atoms with van der Waals surface area (Å²) in [7, 11) is 1.34. The summed E-state index contributed by atoms with van der Waals surface area (Å²) in [6.07, 6.45) is 1.27. The van der Waals surface area contributed by atoms with Crippen LogP contribution >= 0.6 is 11.8 Å². The van der Waals surface area contributed by atoms with Gasteiger partial charge in [-0.15, -0.1) is 5.10 Å². The Bertz CT molecular complexity index is 1000. The van der Waals surface area contributed by atoms with Gasteiger partial charge in [0.05, 0.1) is 25.3 Å². The number of carbonyl (C=O) groups is 3. The summed E-state index contributed by atoms with van der Waals surface area (Å²) in [5, 5.41) is 18.8. The third kappa shape index (κ3) is 5.29. The molecule has 1 unspecified atom stereocenters. The third-order valence-electron chi connectivity index (χ3n) is 4.02. The van der Waals surface area contributed by atoms with Crippen LogP contribution < -0.4 is 5.32 Å². The minimum Gasteiger partial charge on any atom is -0.481 e. The van der Waals surface area contributed by atoms with E-state index in [9.17, 15) is 14.4 Å². The van der Waals surface area contributed by atoms with Crippen LogP contribution in [0.5, 0.6) is 0 Å². The highest BCUT2D eigenvalue weighted by Gasteiger charge is 2.32. The van der Waals surface area contributed by atoms with Gasteiger partial charge in [-0.05, 0) is 34.9 Å². The molecule has 0 spiro atoms. The number of amides is 1. The zero-order chi connectivity index (χ0) is 20.8. The van der Waals surface area contributed by atoms with E-state index in [0.29, 0.717) is 5.56 Å². The van der Waals surface area contributed by atoms with Gasteiger partial charge in [0.15, 0.2) is 5.17 Å². The average Bonchev–Trinajstić information content (AvgIpc) is 3.06. The fourth-order valence-electron chi connectivity index (χ4n) is 2.61. The van der Waals surface area contributed by atoms with Gasteiger partial charge in [-0.3, -0.25) is 9.59 Å². The predicted octanol–water partition coefficient (Wildman–Crippen LogP) is 2.54. The summed E-state index contributed by atoms with van der Waals surface area (Å²) in [5.41, 5.74) is 3.12. The molecule has 0 saturated carbocycles. The molecule has 1 saturated heterocycles. The highest BCUT2D eigenvalue weighted by molar-refractivity contribution is 8.15. The number of carboxylic acids is 1. The Hall–Kier alpha value is -3.46. The van der Waals surface area contributed by atoms with Crippen molar-refractivity contribution in [3.05, 3.63) is 59.7 Å². The van der Waals surface area contributed by atoms with Gasteiger partial charge >= 0.3 is 11.9 Å². The van der Waals surface area contributed by atoms with Crippen LogP contribution in [-0.2, 0) is 14.3 Å². The summed E-state index contributed by atoms with van der Waals surface area (Å²) in [4.78, 5) is 33.9. The normalized spacial score (nSPS) is 17.5. The molecule has 1 heterocycles. The van der Waals surface area contributed by atoms with Crippen molar-refractivity contribution < 1.29 is 24.2 Å². The van der Waals surface area contributed by atoms with Crippen molar-refractivity contribution in [2.75, 3.05) is 7.11 Å². The number of thioether (sulfide) groups is 1. The fraction of sp³-hybridized carbons (Fsp3) is 0.150. The van der Waals surface area contributed by atoms with Gasteiger partial charge in [0.1, 0.15) is 5.25 Å². The van der Waals surface area contributed by atoms with E-state index in [2.05, 4.69) is 15.5 Å². The van der Waals surface area contributed by atoms with E-state index in [1.54, 1.807) is 12.1 Å². The number of carboxylic acid groups (broad SMARTS) is 1. The first-order valence-corrected chi connectivity index (χ1v) is 9.43. The van der Waals surface area contributed by atoms with Gasteiger partial charge in [-0.25, -0.2) is 4.79 Å². The van der Waals surface area contributed by atoms with E-state index in [0.717, 1.165) is 28.5 Å². The van der Waals surface area contributed by atoms with Crippen molar-refractivity contribution in [1.82, 2.24) is 5.32 Å². The van der Waals surface area contributed by atoms with Crippen LogP contribution in [0, 0.1) is 0 Å². The van der Waals surface area contributed by atoms with Crippen LogP contribution in [0.15, 0.2) is 58.7 Å². The van der Waals surface area contributed by atoms with Gasteiger partial charge in [-0.1, -0.05) is 42.1 Å². The maximum atomic E-state index is 11.7. The number of methoxy groups -OCH3 is 1. The summed E-state index contributed by atoms with van der Waals surface area (Å²) in [6.45, 7) is 0. The summed E-state index contributed by atoms with van der Waals surface area (Å²) >= 11 is 1.04. The molecule has 29 heavy (non-hydrogen) atoms. The van der Waals surface area contributed by atoms with Crippen LogP contribution in [0.25, 0.3) is 11.1 Å². The number of amidine groups is 1. The number of hydrogen-bond donors (Lipinski definition) is 2. The van der Waals surface area contributed by atoms with E-state index in [-0.39, 0.29) is 23.5 Å². The lowest BCUT2D eigenvalue weighted by molar-refractivity contribution is -0.138. The first-order valence-electron chi connectivity index (χ1n) is 8.55. The van der Waals surface area contributed by atoms with Crippen LogP contribution in [0.4, 0.5) is 0 Å². The van der Waals surface area contributed by atoms with Crippen LogP contribution in [-0.4, -0.2) is 46.7 Å². The van der Waals surface area contributed by atoms with Gasteiger partial charge in [-0.2, -0.15) is 5.10 Å². The third-order valence-corrected chi connectivity index (χ3v) is 5.09. The highest BCUT2D eigenvalue weighted by atomic mass is 32.2. The molecule has 8 nitrogen and oxygen atoms in total. The minimum absolute atomic E-state index is 0.268. The van der Waals surface area contributed by atoms with Gasteiger partial charge in [0.2, 0.25) is 5.91 Å². The van der Waals surface area contributed by atoms with E-state index in [4.69, 9.17) is 9.84 Å². The van der Waals surface area contributed by atoms with Crippen molar-refractivity contribution in [2.24, 2.45) is 10.2 Å². The minimum atomic E-state index is -1.04. The van der Waals surface area contributed by atoms with Gasteiger partial charge in [0.25, 0.3) is 0 Å². The van der Waals surface area contributed by atoms with Crippen molar-refractivity contribution in [2.45, 2.75) is 11.7 Å². The Labute approximate surface area is 170 Å². The van der Waals surface area contributed by atoms with Crippen molar-refractivity contribution in [3.63, 3.8) is 0 Å². The largest absolute Gasteiger partial charge is 0.481 e. The first-order chi connectivity index (χ1) is 14.0. The zero-order valence-electron chi connectivity index (χ0n) is 15.4. The number of nitrogens with one attached hydrogen (secondary N) is 1. The number of carbonyl (C=O) groups excluding carboxylic acids is 2. The quantitative estimate of drug-likeness (QED) is 0.429. The van der Waals surface area contributed by atoms with E-state index in [1.165, 1.54) is 13.3 Å². The molecule has 1 amide bonds. The number of ether oxygens (including phenoxy) is 1. The SMILES string of the molecule is COC(=O)c1ccc(-c2cccc(C=NN=C3NC(=O)C(CC(=O)O)S3)c2)cc1. The average molecular weight is 411 g/mol.